The predicted molar refractivity (Wildman–Crippen MR) is 96.9 cm³/mol. The summed E-state index contributed by atoms with van der Waals surface area (Å²) in [5.41, 5.74) is 1.50. The molecule has 140 valence electrons. The molecule has 4 rings (SSSR count). The van der Waals surface area contributed by atoms with Crippen molar-refractivity contribution >= 4 is 23.1 Å². The molecule has 1 aromatic heterocycles. The van der Waals surface area contributed by atoms with Gasteiger partial charge >= 0.3 is 0 Å². The van der Waals surface area contributed by atoms with Crippen LogP contribution in [-0.4, -0.2) is 29.2 Å². The van der Waals surface area contributed by atoms with Gasteiger partial charge < -0.3 is 19.5 Å². The number of aromatic nitrogens is 2. The molecule has 0 unspecified atom stereocenters. The number of rotatable bonds is 3. The summed E-state index contributed by atoms with van der Waals surface area (Å²) in [5.74, 6) is 2.63. The molecule has 0 atom stereocenters. The summed E-state index contributed by atoms with van der Waals surface area (Å²) in [4.78, 5) is 6.86. The zero-order valence-electron chi connectivity index (χ0n) is 14.7. The summed E-state index contributed by atoms with van der Waals surface area (Å²) in [5, 5.41) is 3.40. The first-order valence-corrected chi connectivity index (χ1v) is 9.17. The lowest BCUT2D eigenvalue weighted by atomic mass is 10.1. The number of alkyl halides is 2. The molecule has 2 aliphatic heterocycles. The van der Waals surface area contributed by atoms with Gasteiger partial charge in [-0.15, -0.1) is 0 Å². The quantitative estimate of drug-likeness (QED) is 0.862. The second kappa shape index (κ2) is 6.70. The molecular formula is C18H21ClF2N4O. The first-order valence-electron chi connectivity index (χ1n) is 8.79. The second-order valence-electron chi connectivity index (χ2n) is 6.87. The van der Waals surface area contributed by atoms with Gasteiger partial charge in [0.2, 0.25) is 0 Å². The largest absolute Gasteiger partial charge is 0.489 e. The maximum absolute atomic E-state index is 13.3. The highest BCUT2D eigenvalue weighted by Gasteiger charge is 2.30. The van der Waals surface area contributed by atoms with Crippen molar-refractivity contribution < 1.29 is 13.5 Å². The molecule has 0 aliphatic carbocycles. The highest BCUT2D eigenvalue weighted by molar-refractivity contribution is 6.31. The zero-order valence-corrected chi connectivity index (χ0v) is 15.5. The average Bonchev–Trinajstić information content (AvgIpc) is 3.00. The topological polar surface area (TPSA) is 42.3 Å². The number of anilines is 2. The second-order valence-corrected chi connectivity index (χ2v) is 7.27. The van der Waals surface area contributed by atoms with Crippen molar-refractivity contribution in [2.75, 3.05) is 24.6 Å². The fourth-order valence-electron chi connectivity index (χ4n) is 3.61. The molecule has 0 saturated heterocycles. The lowest BCUT2D eigenvalue weighted by Crippen LogP contribution is -2.33. The van der Waals surface area contributed by atoms with Gasteiger partial charge in [0.25, 0.3) is 6.43 Å². The molecule has 2 aromatic rings. The van der Waals surface area contributed by atoms with Gasteiger partial charge in [0.1, 0.15) is 18.2 Å². The molecular weight excluding hydrogens is 362 g/mol. The Hall–Kier alpha value is -1.86. The Morgan fingerprint density at radius 2 is 2.08 bits per heavy atom. The van der Waals surface area contributed by atoms with Gasteiger partial charge in [-0.3, -0.25) is 0 Å². The van der Waals surface area contributed by atoms with Crippen LogP contribution in [0.15, 0.2) is 12.1 Å². The standard InChI is InChI=1S/C18H21ClF2N4O/c1-10(2)17-23-18(14-9-22-3-4-24(14)17)25-5-6-26-15-8-12(19)11(16(20)21)7-13(15)25/h7-8,10,16,22H,3-6,9H2,1-2H3. The van der Waals surface area contributed by atoms with Gasteiger partial charge in [0, 0.05) is 37.2 Å². The summed E-state index contributed by atoms with van der Waals surface area (Å²) in [6.45, 7) is 7.69. The SMILES string of the molecule is CC(C)c1nc(N2CCOc3cc(Cl)c(C(F)F)cc32)c2n1CCNC2. The molecule has 0 fully saturated rings. The molecule has 1 N–H and O–H groups in total. The summed E-state index contributed by atoms with van der Waals surface area (Å²) in [7, 11) is 0. The lowest BCUT2D eigenvalue weighted by molar-refractivity contribution is 0.151. The van der Waals surface area contributed by atoms with Crippen LogP contribution in [0.1, 0.15) is 43.3 Å². The third-order valence-electron chi connectivity index (χ3n) is 4.83. The van der Waals surface area contributed by atoms with Gasteiger partial charge in [0.15, 0.2) is 5.82 Å². The fourth-order valence-corrected chi connectivity index (χ4v) is 3.85. The van der Waals surface area contributed by atoms with Crippen molar-refractivity contribution in [1.29, 1.82) is 0 Å². The smallest absolute Gasteiger partial charge is 0.265 e. The minimum atomic E-state index is -2.64. The first-order chi connectivity index (χ1) is 12.5. The number of nitrogens with zero attached hydrogens (tertiary/aromatic N) is 3. The minimum Gasteiger partial charge on any atom is -0.489 e. The fraction of sp³-hybridized carbons (Fsp3) is 0.500. The summed E-state index contributed by atoms with van der Waals surface area (Å²) in [6, 6.07) is 2.91. The Kier molecular flexibility index (Phi) is 4.52. The molecule has 2 aliphatic rings. The maximum Gasteiger partial charge on any atom is 0.265 e. The number of nitrogens with one attached hydrogen (secondary N) is 1. The summed E-state index contributed by atoms with van der Waals surface area (Å²) < 4.78 is 34.6. The maximum atomic E-state index is 13.3. The number of halogens is 3. The van der Waals surface area contributed by atoms with Crippen LogP contribution in [0.3, 0.4) is 0 Å². The summed E-state index contributed by atoms with van der Waals surface area (Å²) >= 11 is 6.00. The lowest BCUT2D eigenvalue weighted by Gasteiger charge is -2.32. The molecule has 1 aromatic carbocycles. The molecule has 0 amide bonds. The normalized spacial score (nSPS) is 16.7. The van der Waals surface area contributed by atoms with Crippen LogP contribution < -0.4 is 15.0 Å². The number of fused-ring (bicyclic) bond motifs is 2. The van der Waals surface area contributed by atoms with E-state index in [4.69, 9.17) is 21.3 Å². The Bertz CT molecular complexity index is 837. The van der Waals surface area contributed by atoms with E-state index in [9.17, 15) is 8.78 Å². The number of ether oxygens (including phenoxy) is 1. The molecule has 3 heterocycles. The Balaban J connectivity index is 1.85. The number of benzene rings is 1. The van der Waals surface area contributed by atoms with Crippen molar-refractivity contribution in [2.24, 2.45) is 0 Å². The van der Waals surface area contributed by atoms with Crippen molar-refractivity contribution in [3.8, 4) is 5.75 Å². The third kappa shape index (κ3) is 2.83. The molecule has 5 nitrogen and oxygen atoms in total. The molecule has 0 bridgehead atoms. The van der Waals surface area contributed by atoms with Crippen LogP contribution >= 0.6 is 11.6 Å². The van der Waals surface area contributed by atoms with Gasteiger partial charge in [-0.05, 0) is 6.07 Å². The monoisotopic (exact) mass is 382 g/mol. The van der Waals surface area contributed by atoms with E-state index >= 15 is 0 Å². The van der Waals surface area contributed by atoms with Crippen molar-refractivity contribution in [3.63, 3.8) is 0 Å². The molecule has 0 spiro atoms. The zero-order chi connectivity index (χ0) is 18.4. The van der Waals surface area contributed by atoms with Crippen LogP contribution in [0, 0.1) is 0 Å². The third-order valence-corrected chi connectivity index (χ3v) is 5.16. The van der Waals surface area contributed by atoms with E-state index in [1.165, 1.54) is 12.1 Å². The molecule has 8 heteroatoms. The molecule has 26 heavy (non-hydrogen) atoms. The average molecular weight is 383 g/mol. The van der Waals surface area contributed by atoms with Gasteiger partial charge in [-0.1, -0.05) is 25.4 Å². The Morgan fingerprint density at radius 1 is 1.27 bits per heavy atom. The Labute approximate surface area is 155 Å². The predicted octanol–water partition coefficient (Wildman–Crippen LogP) is 4.23. The highest BCUT2D eigenvalue weighted by Crippen LogP contribution is 2.43. The number of imidazole rings is 1. The molecule has 0 saturated carbocycles. The van der Waals surface area contributed by atoms with Gasteiger partial charge in [-0.25, -0.2) is 13.8 Å². The van der Waals surface area contributed by atoms with E-state index in [1.54, 1.807) is 0 Å². The van der Waals surface area contributed by atoms with Crippen molar-refractivity contribution in [1.82, 2.24) is 14.9 Å². The van der Waals surface area contributed by atoms with E-state index in [2.05, 4.69) is 23.7 Å². The minimum absolute atomic E-state index is 0.0250. The highest BCUT2D eigenvalue weighted by atomic mass is 35.5. The summed E-state index contributed by atoms with van der Waals surface area (Å²) in [6.07, 6.45) is -2.64. The number of hydrogen-bond acceptors (Lipinski definition) is 4. The number of hydrogen-bond donors (Lipinski definition) is 1. The van der Waals surface area contributed by atoms with Crippen LogP contribution in [0.5, 0.6) is 5.75 Å². The van der Waals surface area contributed by atoms with Crippen LogP contribution in [0.25, 0.3) is 0 Å². The van der Waals surface area contributed by atoms with Crippen molar-refractivity contribution in [3.05, 3.63) is 34.2 Å². The molecule has 0 radical (unpaired) electrons. The van der Waals surface area contributed by atoms with Crippen LogP contribution in [-0.2, 0) is 13.1 Å². The van der Waals surface area contributed by atoms with Crippen LogP contribution in [0.4, 0.5) is 20.3 Å². The van der Waals surface area contributed by atoms with E-state index in [-0.39, 0.29) is 16.5 Å². The van der Waals surface area contributed by atoms with E-state index in [1.807, 2.05) is 4.90 Å². The van der Waals surface area contributed by atoms with E-state index in [0.29, 0.717) is 31.1 Å². The Morgan fingerprint density at radius 3 is 2.81 bits per heavy atom. The first kappa shape index (κ1) is 17.5. The van der Waals surface area contributed by atoms with E-state index < -0.39 is 6.43 Å². The van der Waals surface area contributed by atoms with Crippen LogP contribution in [0.2, 0.25) is 5.02 Å². The van der Waals surface area contributed by atoms with Gasteiger partial charge in [-0.2, -0.15) is 0 Å². The van der Waals surface area contributed by atoms with Gasteiger partial charge in [0.05, 0.1) is 22.9 Å². The van der Waals surface area contributed by atoms with E-state index in [0.717, 1.165) is 30.4 Å². The van der Waals surface area contributed by atoms with Crippen molar-refractivity contribution in [2.45, 2.75) is 39.3 Å².